The number of carboxylic acid groups (broad SMARTS) is 1. The highest BCUT2D eigenvalue weighted by molar-refractivity contribution is 6.00. The van der Waals surface area contributed by atoms with Crippen molar-refractivity contribution in [1.82, 2.24) is 4.98 Å². The van der Waals surface area contributed by atoms with E-state index in [1.807, 2.05) is 31.2 Å². The SMILES string of the molecule is CCO/N=C(/C)C(Cc1ccc(OCCc2nc(-c3ccc(F)cc3)oc2C)cc1)C(=O)O. The minimum absolute atomic E-state index is 0.308. The lowest BCUT2D eigenvalue weighted by molar-refractivity contribution is -0.139. The Morgan fingerprint density at radius 1 is 1.18 bits per heavy atom. The average Bonchev–Trinajstić information content (AvgIpc) is 3.17. The van der Waals surface area contributed by atoms with E-state index in [9.17, 15) is 14.3 Å². The van der Waals surface area contributed by atoms with Crippen molar-refractivity contribution in [3.8, 4) is 17.2 Å². The van der Waals surface area contributed by atoms with E-state index in [4.69, 9.17) is 14.0 Å². The number of ether oxygens (including phenoxy) is 1. The standard InChI is InChI=1S/C25H27FN2O5/c1-4-32-28-16(2)22(25(29)30)15-18-5-11-21(12-6-18)31-14-13-23-17(3)33-24(27-23)19-7-9-20(26)10-8-19/h5-12,22H,4,13-15H2,1-3H3,(H,29,30)/b28-16-. The molecule has 8 heteroatoms. The van der Waals surface area contributed by atoms with Crippen molar-refractivity contribution in [2.24, 2.45) is 11.1 Å². The summed E-state index contributed by atoms with van der Waals surface area (Å²) in [6.07, 6.45) is 0.856. The molecule has 0 aliphatic heterocycles. The van der Waals surface area contributed by atoms with E-state index in [0.29, 0.717) is 54.7 Å². The first-order valence-electron chi connectivity index (χ1n) is 10.7. The number of oxazole rings is 1. The molecule has 3 rings (SSSR count). The van der Waals surface area contributed by atoms with Crippen LogP contribution in [0.3, 0.4) is 0 Å². The van der Waals surface area contributed by atoms with Gasteiger partial charge in [0.15, 0.2) is 0 Å². The molecule has 1 N–H and O–H groups in total. The molecule has 0 fully saturated rings. The number of aliphatic carboxylic acids is 1. The summed E-state index contributed by atoms with van der Waals surface area (Å²) >= 11 is 0. The van der Waals surface area contributed by atoms with Crippen LogP contribution in [0, 0.1) is 18.7 Å². The van der Waals surface area contributed by atoms with Crippen LogP contribution in [0.5, 0.6) is 5.75 Å². The predicted molar refractivity (Wildman–Crippen MR) is 122 cm³/mol. The molecule has 3 aromatic rings. The molecule has 1 atom stereocenters. The van der Waals surface area contributed by atoms with Gasteiger partial charge < -0.3 is 19.1 Å². The number of halogens is 1. The fourth-order valence-corrected chi connectivity index (χ4v) is 3.24. The van der Waals surface area contributed by atoms with Gasteiger partial charge in [-0.15, -0.1) is 0 Å². The Balaban J connectivity index is 1.55. The zero-order valence-electron chi connectivity index (χ0n) is 18.9. The summed E-state index contributed by atoms with van der Waals surface area (Å²) < 4.78 is 24.6. The molecular weight excluding hydrogens is 427 g/mol. The highest BCUT2D eigenvalue weighted by atomic mass is 19.1. The zero-order valence-corrected chi connectivity index (χ0v) is 18.9. The first kappa shape index (κ1) is 24.0. The number of aryl methyl sites for hydroxylation is 1. The number of oxime groups is 1. The average molecular weight is 454 g/mol. The summed E-state index contributed by atoms with van der Waals surface area (Å²) in [4.78, 5) is 21.1. The molecule has 0 bridgehead atoms. The highest BCUT2D eigenvalue weighted by Gasteiger charge is 2.22. The lowest BCUT2D eigenvalue weighted by Crippen LogP contribution is -2.24. The van der Waals surface area contributed by atoms with E-state index < -0.39 is 11.9 Å². The Labute approximate surface area is 191 Å². The van der Waals surface area contributed by atoms with Crippen molar-refractivity contribution < 1.29 is 28.3 Å². The number of benzene rings is 2. The minimum atomic E-state index is -0.945. The van der Waals surface area contributed by atoms with Gasteiger partial charge in [-0.1, -0.05) is 17.3 Å². The number of aromatic nitrogens is 1. The van der Waals surface area contributed by atoms with E-state index >= 15 is 0 Å². The van der Waals surface area contributed by atoms with Gasteiger partial charge in [0.2, 0.25) is 5.89 Å². The van der Waals surface area contributed by atoms with Crippen LogP contribution in [0.1, 0.15) is 30.9 Å². The molecule has 7 nitrogen and oxygen atoms in total. The van der Waals surface area contributed by atoms with Gasteiger partial charge in [0.05, 0.1) is 18.0 Å². The van der Waals surface area contributed by atoms with Gasteiger partial charge in [-0.25, -0.2) is 9.37 Å². The van der Waals surface area contributed by atoms with Crippen LogP contribution in [0.2, 0.25) is 0 Å². The number of carbonyl (C=O) groups is 1. The van der Waals surface area contributed by atoms with E-state index in [0.717, 1.165) is 11.3 Å². The summed E-state index contributed by atoms with van der Waals surface area (Å²) in [6.45, 7) is 6.06. The largest absolute Gasteiger partial charge is 0.493 e. The highest BCUT2D eigenvalue weighted by Crippen LogP contribution is 2.23. The van der Waals surface area contributed by atoms with Crippen LogP contribution in [0.15, 0.2) is 58.1 Å². The van der Waals surface area contributed by atoms with Gasteiger partial charge in [0.1, 0.15) is 29.9 Å². The topological polar surface area (TPSA) is 94.2 Å². The fraction of sp³-hybridized carbons (Fsp3) is 0.320. The van der Waals surface area contributed by atoms with Crippen molar-refractivity contribution in [2.75, 3.05) is 13.2 Å². The maximum absolute atomic E-state index is 13.1. The van der Waals surface area contributed by atoms with Gasteiger partial charge in [-0.05, 0) is 69.2 Å². The number of hydrogen-bond acceptors (Lipinski definition) is 6. The van der Waals surface area contributed by atoms with E-state index in [1.165, 1.54) is 12.1 Å². The predicted octanol–water partition coefficient (Wildman–Crippen LogP) is 5.07. The third-order valence-corrected chi connectivity index (χ3v) is 5.09. The first-order valence-corrected chi connectivity index (χ1v) is 10.7. The third kappa shape index (κ3) is 6.65. The fourth-order valence-electron chi connectivity index (χ4n) is 3.24. The minimum Gasteiger partial charge on any atom is -0.493 e. The van der Waals surface area contributed by atoms with Crippen molar-refractivity contribution in [3.05, 3.63) is 71.4 Å². The van der Waals surface area contributed by atoms with Gasteiger partial charge in [0.25, 0.3) is 0 Å². The summed E-state index contributed by atoms with van der Waals surface area (Å²) in [7, 11) is 0. The maximum Gasteiger partial charge on any atom is 0.312 e. The molecule has 0 spiro atoms. The van der Waals surface area contributed by atoms with Crippen LogP contribution in [0.25, 0.3) is 11.5 Å². The molecule has 0 amide bonds. The van der Waals surface area contributed by atoms with E-state index in [1.54, 1.807) is 26.0 Å². The quantitative estimate of drug-likeness (QED) is 0.321. The molecule has 0 saturated heterocycles. The molecule has 0 radical (unpaired) electrons. The van der Waals surface area contributed by atoms with Gasteiger partial charge in [-0.3, -0.25) is 4.79 Å². The van der Waals surface area contributed by atoms with Crippen molar-refractivity contribution in [1.29, 1.82) is 0 Å². The maximum atomic E-state index is 13.1. The van der Waals surface area contributed by atoms with Crippen molar-refractivity contribution in [3.63, 3.8) is 0 Å². The van der Waals surface area contributed by atoms with E-state index in [-0.39, 0.29) is 5.82 Å². The second-order valence-corrected chi connectivity index (χ2v) is 7.52. The smallest absolute Gasteiger partial charge is 0.312 e. The molecule has 1 unspecified atom stereocenters. The monoisotopic (exact) mass is 454 g/mol. The zero-order chi connectivity index (χ0) is 23.8. The second-order valence-electron chi connectivity index (χ2n) is 7.52. The number of rotatable bonds is 11. The lowest BCUT2D eigenvalue weighted by atomic mass is 9.95. The summed E-state index contributed by atoms with van der Waals surface area (Å²) in [5.74, 6) is -0.202. The van der Waals surface area contributed by atoms with Crippen LogP contribution in [0.4, 0.5) is 4.39 Å². The Kier molecular flexibility index (Phi) is 8.18. The van der Waals surface area contributed by atoms with Gasteiger partial charge in [-0.2, -0.15) is 0 Å². The summed E-state index contributed by atoms with van der Waals surface area (Å²) in [5, 5.41) is 13.4. The van der Waals surface area contributed by atoms with Crippen molar-refractivity contribution >= 4 is 11.7 Å². The summed E-state index contributed by atoms with van der Waals surface area (Å²) in [6, 6.07) is 13.3. The Morgan fingerprint density at radius 2 is 1.88 bits per heavy atom. The molecule has 2 aromatic carbocycles. The van der Waals surface area contributed by atoms with Crippen LogP contribution in [-0.4, -0.2) is 35.0 Å². The molecule has 1 heterocycles. The third-order valence-electron chi connectivity index (χ3n) is 5.09. The summed E-state index contributed by atoms with van der Waals surface area (Å²) in [5.41, 5.74) is 2.77. The molecule has 0 aliphatic rings. The number of nitrogens with zero attached hydrogens (tertiary/aromatic N) is 2. The second kappa shape index (κ2) is 11.3. The number of hydrogen-bond donors (Lipinski definition) is 1. The first-order chi connectivity index (χ1) is 15.9. The molecule has 0 aliphatic carbocycles. The van der Waals surface area contributed by atoms with Crippen molar-refractivity contribution in [2.45, 2.75) is 33.6 Å². The van der Waals surface area contributed by atoms with Crippen LogP contribution in [-0.2, 0) is 22.5 Å². The van der Waals surface area contributed by atoms with Gasteiger partial charge >= 0.3 is 5.97 Å². The van der Waals surface area contributed by atoms with Gasteiger partial charge in [0, 0.05) is 12.0 Å². The molecule has 1 aromatic heterocycles. The molecule has 0 saturated carbocycles. The van der Waals surface area contributed by atoms with Crippen LogP contribution >= 0.6 is 0 Å². The Hall–Kier alpha value is -3.68. The lowest BCUT2D eigenvalue weighted by Gasteiger charge is -2.12. The Bertz CT molecular complexity index is 1090. The molecular formula is C25H27FN2O5. The Morgan fingerprint density at radius 3 is 2.52 bits per heavy atom. The molecule has 174 valence electrons. The number of carboxylic acids is 1. The molecule has 33 heavy (non-hydrogen) atoms. The normalized spacial score (nSPS) is 12.4. The van der Waals surface area contributed by atoms with E-state index in [2.05, 4.69) is 10.1 Å². The van der Waals surface area contributed by atoms with Crippen LogP contribution < -0.4 is 4.74 Å².